The molecule has 6 nitrogen and oxygen atoms in total. The van der Waals surface area contributed by atoms with E-state index >= 15 is 0 Å². The molecule has 0 saturated heterocycles. The maximum atomic E-state index is 12.4. The molecule has 2 aromatic carbocycles. The van der Waals surface area contributed by atoms with Gasteiger partial charge >= 0.3 is 0 Å². The number of ether oxygens (including phenoxy) is 4. The summed E-state index contributed by atoms with van der Waals surface area (Å²) in [7, 11) is 5.94. The van der Waals surface area contributed by atoms with E-state index in [0.717, 1.165) is 5.56 Å². The van der Waals surface area contributed by atoms with Crippen LogP contribution in [-0.2, 0) is 0 Å². The van der Waals surface area contributed by atoms with Crippen molar-refractivity contribution >= 4 is 11.9 Å². The van der Waals surface area contributed by atoms with Gasteiger partial charge in [-0.2, -0.15) is 0 Å². The topological polar surface area (TPSA) is 74.2 Å². The Morgan fingerprint density at radius 1 is 0.880 bits per heavy atom. The van der Waals surface area contributed by atoms with E-state index in [1.54, 1.807) is 37.5 Å². The van der Waals surface area contributed by atoms with Crippen LogP contribution in [0.15, 0.2) is 36.4 Å². The van der Waals surface area contributed by atoms with E-state index < -0.39 is 0 Å². The second-order valence-corrected chi connectivity index (χ2v) is 5.01. The van der Waals surface area contributed by atoms with Crippen molar-refractivity contribution in [2.45, 2.75) is 0 Å². The fourth-order valence-corrected chi connectivity index (χ4v) is 2.33. The van der Waals surface area contributed by atoms with Crippen molar-refractivity contribution < 1.29 is 28.8 Å². The number of carbonyl (C=O) groups is 1. The molecular weight excluding hydrogens is 324 g/mol. The minimum Gasteiger partial charge on any atom is -0.504 e. The summed E-state index contributed by atoms with van der Waals surface area (Å²) in [5.41, 5.74) is 0.875. The van der Waals surface area contributed by atoms with Crippen LogP contribution in [0.25, 0.3) is 6.08 Å². The van der Waals surface area contributed by atoms with Crippen LogP contribution in [0.4, 0.5) is 0 Å². The second-order valence-electron chi connectivity index (χ2n) is 5.01. The lowest BCUT2D eigenvalue weighted by Gasteiger charge is -2.11. The summed E-state index contributed by atoms with van der Waals surface area (Å²) in [5.74, 6) is 1.000. The van der Waals surface area contributed by atoms with Crippen molar-refractivity contribution in [2.75, 3.05) is 28.4 Å². The SMILES string of the molecule is COc1ccc(/C=C\C(=O)c2ccc(OC)c(OC)c2O)cc1OC. The summed E-state index contributed by atoms with van der Waals surface area (Å²) in [6.07, 6.45) is 2.99. The van der Waals surface area contributed by atoms with Gasteiger partial charge in [-0.3, -0.25) is 4.79 Å². The van der Waals surface area contributed by atoms with Crippen LogP contribution in [0.1, 0.15) is 15.9 Å². The van der Waals surface area contributed by atoms with Gasteiger partial charge in [-0.25, -0.2) is 0 Å². The molecule has 0 atom stereocenters. The number of carbonyl (C=O) groups excluding carboxylic acids is 1. The van der Waals surface area contributed by atoms with Gasteiger partial charge in [0.05, 0.1) is 34.0 Å². The van der Waals surface area contributed by atoms with Crippen molar-refractivity contribution in [2.24, 2.45) is 0 Å². The standard InChI is InChI=1S/C19H20O6/c1-22-15-9-6-12(11-17(15)24-3)5-8-14(20)13-7-10-16(23-2)19(25-4)18(13)21/h5-11,21H,1-4H3/b8-5-. The largest absolute Gasteiger partial charge is 0.504 e. The highest BCUT2D eigenvalue weighted by Crippen LogP contribution is 2.39. The summed E-state index contributed by atoms with van der Waals surface area (Å²) in [6.45, 7) is 0. The number of phenolic OH excluding ortho intramolecular Hbond substituents is 1. The lowest BCUT2D eigenvalue weighted by Crippen LogP contribution is -1.99. The Labute approximate surface area is 146 Å². The average Bonchev–Trinajstić information content (AvgIpc) is 2.65. The number of aromatic hydroxyl groups is 1. The Hall–Kier alpha value is -3.15. The molecule has 0 radical (unpaired) electrons. The van der Waals surface area contributed by atoms with Crippen LogP contribution in [0.2, 0.25) is 0 Å². The van der Waals surface area contributed by atoms with Crippen molar-refractivity contribution in [3.8, 4) is 28.7 Å². The highest BCUT2D eigenvalue weighted by molar-refractivity contribution is 6.09. The van der Waals surface area contributed by atoms with Crippen molar-refractivity contribution in [1.82, 2.24) is 0 Å². The van der Waals surface area contributed by atoms with E-state index in [1.807, 2.05) is 0 Å². The van der Waals surface area contributed by atoms with Gasteiger partial charge in [-0.1, -0.05) is 12.1 Å². The van der Waals surface area contributed by atoms with E-state index in [2.05, 4.69) is 0 Å². The monoisotopic (exact) mass is 344 g/mol. The maximum absolute atomic E-state index is 12.4. The first-order valence-electron chi connectivity index (χ1n) is 7.44. The predicted octanol–water partition coefficient (Wildman–Crippen LogP) is 3.32. The van der Waals surface area contributed by atoms with Gasteiger partial charge in [0.25, 0.3) is 0 Å². The predicted molar refractivity (Wildman–Crippen MR) is 94.1 cm³/mol. The minimum absolute atomic E-state index is 0.118. The molecule has 6 heteroatoms. The number of phenols is 1. The van der Waals surface area contributed by atoms with Crippen molar-refractivity contribution in [3.63, 3.8) is 0 Å². The van der Waals surface area contributed by atoms with Gasteiger partial charge in [0.15, 0.2) is 28.8 Å². The highest BCUT2D eigenvalue weighted by atomic mass is 16.5. The third-order valence-corrected chi connectivity index (χ3v) is 3.62. The Kier molecular flexibility index (Phi) is 5.89. The molecule has 0 unspecified atom stereocenters. The van der Waals surface area contributed by atoms with Crippen LogP contribution >= 0.6 is 0 Å². The van der Waals surface area contributed by atoms with Gasteiger partial charge in [0.2, 0.25) is 5.75 Å². The quantitative estimate of drug-likeness (QED) is 0.613. The first-order chi connectivity index (χ1) is 12.0. The summed E-state index contributed by atoms with van der Waals surface area (Å²) in [5, 5.41) is 10.2. The first kappa shape index (κ1) is 18.2. The molecule has 0 spiro atoms. The highest BCUT2D eigenvalue weighted by Gasteiger charge is 2.17. The normalized spacial score (nSPS) is 10.6. The van der Waals surface area contributed by atoms with E-state index in [1.165, 1.54) is 33.5 Å². The summed E-state index contributed by atoms with van der Waals surface area (Å²) < 4.78 is 20.6. The zero-order valence-corrected chi connectivity index (χ0v) is 14.5. The van der Waals surface area contributed by atoms with Gasteiger partial charge in [-0.15, -0.1) is 0 Å². The molecule has 0 saturated carbocycles. The van der Waals surface area contributed by atoms with E-state index in [9.17, 15) is 9.90 Å². The molecule has 0 bridgehead atoms. The fraction of sp³-hybridized carbons (Fsp3) is 0.211. The molecule has 2 aromatic rings. The van der Waals surface area contributed by atoms with Gasteiger partial charge < -0.3 is 24.1 Å². The third-order valence-electron chi connectivity index (χ3n) is 3.62. The Balaban J connectivity index is 2.29. The van der Waals surface area contributed by atoms with Crippen molar-refractivity contribution in [1.29, 1.82) is 0 Å². The molecule has 0 aromatic heterocycles. The van der Waals surface area contributed by atoms with E-state index in [4.69, 9.17) is 18.9 Å². The number of allylic oxidation sites excluding steroid dienone is 1. The Morgan fingerprint density at radius 3 is 2.12 bits per heavy atom. The van der Waals surface area contributed by atoms with Gasteiger partial charge in [0.1, 0.15) is 0 Å². The van der Waals surface area contributed by atoms with Crippen LogP contribution in [0.3, 0.4) is 0 Å². The Bertz CT molecular complexity index is 795. The van der Waals surface area contributed by atoms with Crippen LogP contribution in [-0.4, -0.2) is 39.3 Å². The third kappa shape index (κ3) is 3.85. The van der Waals surface area contributed by atoms with E-state index in [0.29, 0.717) is 17.2 Å². The molecule has 25 heavy (non-hydrogen) atoms. The summed E-state index contributed by atoms with van der Waals surface area (Å²) in [4.78, 5) is 12.4. The number of hydrogen-bond donors (Lipinski definition) is 1. The average molecular weight is 344 g/mol. The van der Waals surface area contributed by atoms with Crippen LogP contribution in [0, 0.1) is 0 Å². The number of hydrogen-bond acceptors (Lipinski definition) is 6. The number of rotatable bonds is 7. The first-order valence-corrected chi connectivity index (χ1v) is 7.44. The maximum Gasteiger partial charge on any atom is 0.203 e. The molecule has 2 rings (SSSR count). The number of benzene rings is 2. The zero-order valence-electron chi connectivity index (χ0n) is 14.5. The second kappa shape index (κ2) is 8.10. The molecule has 0 amide bonds. The Morgan fingerprint density at radius 2 is 1.52 bits per heavy atom. The summed E-state index contributed by atoms with van der Waals surface area (Å²) in [6, 6.07) is 8.33. The smallest absolute Gasteiger partial charge is 0.203 e. The minimum atomic E-state index is -0.367. The lowest BCUT2D eigenvalue weighted by atomic mass is 10.1. The molecule has 0 aliphatic carbocycles. The molecular formula is C19H20O6. The van der Waals surface area contributed by atoms with Crippen LogP contribution < -0.4 is 18.9 Å². The molecule has 0 aliphatic heterocycles. The van der Waals surface area contributed by atoms with Crippen LogP contribution in [0.5, 0.6) is 28.7 Å². The van der Waals surface area contributed by atoms with Gasteiger partial charge in [-0.05, 0) is 35.9 Å². The molecule has 1 N–H and O–H groups in total. The molecule has 0 aliphatic rings. The fourth-order valence-electron chi connectivity index (χ4n) is 2.33. The summed E-state index contributed by atoms with van der Waals surface area (Å²) >= 11 is 0. The van der Waals surface area contributed by atoms with E-state index in [-0.39, 0.29) is 22.8 Å². The van der Waals surface area contributed by atoms with Gasteiger partial charge in [0, 0.05) is 0 Å². The van der Waals surface area contributed by atoms with Crippen molar-refractivity contribution in [3.05, 3.63) is 47.5 Å². The number of ketones is 1. The number of methoxy groups -OCH3 is 4. The molecule has 132 valence electrons. The zero-order chi connectivity index (χ0) is 18.4. The molecule has 0 heterocycles. The molecule has 0 fully saturated rings. The lowest BCUT2D eigenvalue weighted by molar-refractivity contribution is 0.104.